The first-order valence-corrected chi connectivity index (χ1v) is 11.4. The van der Waals surface area contributed by atoms with Gasteiger partial charge in [0.15, 0.2) is 11.5 Å². The molecular formula is C24H25ClN6O2. The highest BCUT2D eigenvalue weighted by Crippen LogP contribution is 2.44. The molecule has 0 spiro atoms. The zero-order valence-corrected chi connectivity index (χ0v) is 19.0. The van der Waals surface area contributed by atoms with Gasteiger partial charge in [0.2, 0.25) is 0 Å². The molecular weight excluding hydrogens is 440 g/mol. The van der Waals surface area contributed by atoms with Crippen LogP contribution < -0.4 is 0 Å². The molecule has 0 saturated carbocycles. The number of amides is 1. The van der Waals surface area contributed by atoms with Gasteiger partial charge in [-0.15, -0.1) is 13.2 Å². The maximum Gasteiger partial charge on any atom is 0.278 e. The normalized spacial score (nSPS) is 16.6. The average molecular weight is 465 g/mol. The van der Waals surface area contributed by atoms with E-state index in [1.54, 1.807) is 12.4 Å². The van der Waals surface area contributed by atoms with Gasteiger partial charge < -0.3 is 9.42 Å². The minimum Gasteiger partial charge on any atom is -0.332 e. The molecule has 2 aromatic heterocycles. The summed E-state index contributed by atoms with van der Waals surface area (Å²) in [6.45, 7) is 10.6. The van der Waals surface area contributed by atoms with Gasteiger partial charge in [-0.3, -0.25) is 14.3 Å². The molecule has 2 aliphatic rings. The van der Waals surface area contributed by atoms with Crippen molar-refractivity contribution < 1.29 is 9.32 Å². The van der Waals surface area contributed by atoms with Gasteiger partial charge >= 0.3 is 0 Å². The van der Waals surface area contributed by atoms with Crippen molar-refractivity contribution in [2.24, 2.45) is 0 Å². The molecule has 5 rings (SSSR count). The van der Waals surface area contributed by atoms with Crippen molar-refractivity contribution in [2.45, 2.75) is 31.8 Å². The minimum absolute atomic E-state index is 0.0622. The fraction of sp³-hybridized carbons (Fsp3) is 0.333. The summed E-state index contributed by atoms with van der Waals surface area (Å²) in [6.07, 6.45) is 8.11. The van der Waals surface area contributed by atoms with E-state index in [0.29, 0.717) is 41.1 Å². The van der Waals surface area contributed by atoms with Crippen LogP contribution in [-0.2, 0) is 6.54 Å². The Morgan fingerprint density at radius 1 is 1.24 bits per heavy atom. The van der Waals surface area contributed by atoms with Crippen molar-refractivity contribution in [1.82, 2.24) is 29.5 Å². The van der Waals surface area contributed by atoms with Gasteiger partial charge in [0.25, 0.3) is 11.8 Å². The summed E-state index contributed by atoms with van der Waals surface area (Å²) in [4.78, 5) is 26.5. The van der Waals surface area contributed by atoms with Crippen molar-refractivity contribution in [1.29, 1.82) is 0 Å². The molecule has 1 atom stereocenters. The van der Waals surface area contributed by atoms with E-state index in [4.69, 9.17) is 16.1 Å². The average Bonchev–Trinajstić information content (AvgIpc) is 3.40. The molecule has 0 bridgehead atoms. The Labute approximate surface area is 197 Å². The first-order chi connectivity index (χ1) is 16.1. The van der Waals surface area contributed by atoms with Crippen LogP contribution in [0, 0.1) is 0 Å². The monoisotopic (exact) mass is 464 g/mol. The topological polar surface area (TPSA) is 80.3 Å². The minimum atomic E-state index is -0.106. The van der Waals surface area contributed by atoms with E-state index in [2.05, 4.69) is 33.2 Å². The molecule has 1 aromatic carbocycles. The van der Waals surface area contributed by atoms with Crippen molar-refractivity contribution in [3.05, 3.63) is 71.9 Å². The maximum absolute atomic E-state index is 13.2. The van der Waals surface area contributed by atoms with Gasteiger partial charge in [0.05, 0.1) is 34.6 Å². The zero-order chi connectivity index (χ0) is 22.9. The number of rotatable bonds is 9. The highest BCUT2D eigenvalue weighted by molar-refractivity contribution is 6.34. The summed E-state index contributed by atoms with van der Waals surface area (Å²) in [5.41, 5.74) is 2.70. The third-order valence-corrected chi connectivity index (χ3v) is 6.52. The molecule has 33 heavy (non-hydrogen) atoms. The second-order valence-corrected chi connectivity index (χ2v) is 8.64. The van der Waals surface area contributed by atoms with Crippen LogP contribution in [0.25, 0.3) is 17.3 Å². The predicted molar refractivity (Wildman–Crippen MR) is 125 cm³/mol. The standard InChI is InChI=1S/C24H25ClN6O2/c1-3-5-11-29(12-6-4-2)14-19-27-23(33-28-19)21-22-18-10-13-30(18)24(32)20-16(25)8-7-9-17(20)31(22)15-26-21/h3-4,7-9,15,18H,1-2,5-6,10-14H2/t18-/m0/s1. The van der Waals surface area contributed by atoms with Crippen LogP contribution in [-0.4, -0.2) is 55.0 Å². The molecule has 1 fully saturated rings. The largest absolute Gasteiger partial charge is 0.332 e. The number of fused-ring (bicyclic) bond motifs is 5. The van der Waals surface area contributed by atoms with Crippen molar-refractivity contribution in [3.63, 3.8) is 0 Å². The van der Waals surface area contributed by atoms with Crippen molar-refractivity contribution in [2.75, 3.05) is 19.6 Å². The van der Waals surface area contributed by atoms with Gasteiger partial charge in [0.1, 0.15) is 6.33 Å². The number of benzene rings is 1. The Balaban J connectivity index is 1.49. The van der Waals surface area contributed by atoms with Crippen LogP contribution in [0.15, 0.2) is 54.4 Å². The number of hydrogen-bond donors (Lipinski definition) is 0. The maximum atomic E-state index is 13.2. The first kappa shape index (κ1) is 21.6. The lowest BCUT2D eigenvalue weighted by molar-refractivity contribution is 0.0461. The second kappa shape index (κ2) is 8.96. The van der Waals surface area contributed by atoms with E-state index < -0.39 is 0 Å². The van der Waals surface area contributed by atoms with Gasteiger partial charge in [0, 0.05) is 19.6 Å². The molecule has 0 radical (unpaired) electrons. The number of halogens is 1. The second-order valence-electron chi connectivity index (χ2n) is 8.23. The fourth-order valence-electron chi connectivity index (χ4n) is 4.45. The number of hydrogen-bond acceptors (Lipinski definition) is 6. The molecule has 1 amide bonds. The molecule has 0 unspecified atom stereocenters. The summed E-state index contributed by atoms with van der Waals surface area (Å²) in [7, 11) is 0. The highest BCUT2D eigenvalue weighted by Gasteiger charge is 2.43. The molecule has 0 N–H and O–H groups in total. The Bertz CT molecular complexity index is 1200. The SMILES string of the molecule is C=CCCN(CCC=C)Cc1noc(-c2ncn3c2[C@@H]2CCN2C(=O)c2c(Cl)cccc2-3)n1. The quantitative estimate of drug-likeness (QED) is 0.436. The lowest BCUT2D eigenvalue weighted by Gasteiger charge is -2.39. The molecule has 2 aliphatic heterocycles. The zero-order valence-electron chi connectivity index (χ0n) is 18.3. The van der Waals surface area contributed by atoms with E-state index >= 15 is 0 Å². The van der Waals surface area contributed by atoms with E-state index in [9.17, 15) is 4.79 Å². The lowest BCUT2D eigenvalue weighted by Crippen LogP contribution is -2.44. The summed E-state index contributed by atoms with van der Waals surface area (Å²) in [5.74, 6) is 0.891. The third-order valence-electron chi connectivity index (χ3n) is 6.20. The molecule has 3 aromatic rings. The Hall–Kier alpha value is -3.23. The number of aromatic nitrogens is 4. The summed E-state index contributed by atoms with van der Waals surface area (Å²) in [5, 5.41) is 4.64. The summed E-state index contributed by atoms with van der Waals surface area (Å²) < 4.78 is 7.57. The van der Waals surface area contributed by atoms with Crippen molar-refractivity contribution >= 4 is 17.5 Å². The Morgan fingerprint density at radius 3 is 2.73 bits per heavy atom. The Morgan fingerprint density at radius 2 is 2.03 bits per heavy atom. The van der Waals surface area contributed by atoms with Gasteiger partial charge in [-0.2, -0.15) is 4.98 Å². The molecule has 0 aliphatic carbocycles. The van der Waals surface area contributed by atoms with Crippen molar-refractivity contribution in [3.8, 4) is 17.3 Å². The highest BCUT2D eigenvalue weighted by atomic mass is 35.5. The number of carbonyl (C=O) groups excluding carboxylic acids is 1. The predicted octanol–water partition coefficient (Wildman–Crippen LogP) is 4.43. The van der Waals surface area contributed by atoms with Crippen LogP contribution >= 0.6 is 11.6 Å². The molecule has 4 heterocycles. The fourth-order valence-corrected chi connectivity index (χ4v) is 4.70. The van der Waals surface area contributed by atoms with Crippen LogP contribution in [0.2, 0.25) is 5.02 Å². The van der Waals surface area contributed by atoms with Crippen LogP contribution in [0.1, 0.15) is 47.2 Å². The number of imidazole rings is 1. The number of nitrogens with zero attached hydrogens (tertiary/aromatic N) is 6. The first-order valence-electron chi connectivity index (χ1n) is 11.1. The molecule has 170 valence electrons. The van der Waals surface area contributed by atoms with Crippen LogP contribution in [0.4, 0.5) is 0 Å². The van der Waals surface area contributed by atoms with Crippen LogP contribution in [0.3, 0.4) is 0 Å². The van der Waals surface area contributed by atoms with E-state index in [-0.39, 0.29) is 11.9 Å². The van der Waals surface area contributed by atoms with E-state index in [0.717, 1.165) is 43.7 Å². The summed E-state index contributed by atoms with van der Waals surface area (Å²) >= 11 is 6.42. The molecule has 8 nitrogen and oxygen atoms in total. The Kier molecular flexibility index (Phi) is 5.86. The summed E-state index contributed by atoms with van der Waals surface area (Å²) in [6, 6.07) is 5.36. The van der Waals surface area contributed by atoms with Gasteiger partial charge in [-0.1, -0.05) is 35.0 Å². The van der Waals surface area contributed by atoms with Gasteiger partial charge in [-0.05, 0) is 31.4 Å². The third kappa shape index (κ3) is 3.79. The van der Waals surface area contributed by atoms with Gasteiger partial charge in [-0.25, -0.2) is 4.98 Å². The van der Waals surface area contributed by atoms with Crippen LogP contribution in [0.5, 0.6) is 0 Å². The molecule has 9 heteroatoms. The molecule has 1 saturated heterocycles. The number of carbonyl (C=O) groups is 1. The van der Waals surface area contributed by atoms with E-state index in [1.807, 2.05) is 33.8 Å². The smallest absolute Gasteiger partial charge is 0.278 e. The lowest BCUT2D eigenvalue weighted by atomic mass is 9.97. The van der Waals surface area contributed by atoms with E-state index in [1.165, 1.54) is 0 Å².